The summed E-state index contributed by atoms with van der Waals surface area (Å²) < 4.78 is 27.4. The van der Waals surface area contributed by atoms with Gasteiger partial charge in [-0.25, -0.2) is 13.6 Å². The fraction of sp³-hybridized carbons (Fsp3) is 0.263. The van der Waals surface area contributed by atoms with Crippen molar-refractivity contribution in [1.82, 2.24) is 4.90 Å². The van der Waals surface area contributed by atoms with Gasteiger partial charge in [0.1, 0.15) is 11.6 Å². The predicted octanol–water partition coefficient (Wildman–Crippen LogP) is 3.77. The zero-order chi connectivity index (χ0) is 19.2. The Balaban J connectivity index is 1.74. The lowest BCUT2D eigenvalue weighted by atomic mass is 10.1. The van der Waals surface area contributed by atoms with E-state index in [2.05, 4.69) is 5.32 Å². The van der Waals surface area contributed by atoms with E-state index in [9.17, 15) is 18.4 Å². The predicted molar refractivity (Wildman–Crippen MR) is 101 cm³/mol. The third-order valence-corrected chi connectivity index (χ3v) is 6.21. The van der Waals surface area contributed by atoms with Crippen molar-refractivity contribution >= 4 is 35.1 Å². The molecule has 0 radical (unpaired) electrons. The highest BCUT2D eigenvalue weighted by Crippen LogP contribution is 2.54. The Morgan fingerprint density at radius 3 is 2.74 bits per heavy atom. The minimum absolute atomic E-state index is 0.262. The number of nitrogens with one attached hydrogen (secondary N) is 1. The molecular weight excluding hydrogens is 372 g/mol. The first-order valence-corrected chi connectivity index (χ1v) is 9.56. The molecule has 5 nitrogen and oxygen atoms in total. The zero-order valence-corrected chi connectivity index (χ0v) is 15.4. The second-order valence-electron chi connectivity index (χ2n) is 6.30. The van der Waals surface area contributed by atoms with Crippen LogP contribution in [0.2, 0.25) is 0 Å². The van der Waals surface area contributed by atoms with Gasteiger partial charge in [-0.1, -0.05) is 6.07 Å². The lowest BCUT2D eigenvalue weighted by Crippen LogP contribution is -2.51. The van der Waals surface area contributed by atoms with Crippen LogP contribution in [0.1, 0.15) is 12.5 Å². The van der Waals surface area contributed by atoms with Gasteiger partial charge in [0.15, 0.2) is 4.87 Å². The summed E-state index contributed by atoms with van der Waals surface area (Å²) in [6.07, 6.45) is 0. The van der Waals surface area contributed by atoms with Gasteiger partial charge in [-0.05, 0) is 43.3 Å². The molecule has 1 N–H and O–H groups in total. The Labute approximate surface area is 159 Å². The molecule has 1 fully saturated rings. The number of anilines is 2. The molecule has 0 saturated carbocycles. The van der Waals surface area contributed by atoms with Crippen LogP contribution in [0.5, 0.6) is 0 Å². The molecule has 0 bridgehead atoms. The highest BCUT2D eigenvalue weighted by Gasteiger charge is 2.59. The quantitative estimate of drug-likeness (QED) is 0.851. The summed E-state index contributed by atoms with van der Waals surface area (Å²) in [6, 6.07) is 9.23. The van der Waals surface area contributed by atoms with Crippen LogP contribution in [0.3, 0.4) is 0 Å². The fourth-order valence-corrected chi connectivity index (χ4v) is 5.11. The van der Waals surface area contributed by atoms with Gasteiger partial charge in [0, 0.05) is 30.1 Å². The van der Waals surface area contributed by atoms with E-state index in [1.807, 2.05) is 6.92 Å². The average Bonchev–Trinajstić information content (AvgIpc) is 3.17. The number of carbonyl (C=O) groups excluding carboxylic acids is 2. The maximum Gasteiger partial charge on any atom is 0.323 e. The Bertz CT molecular complexity index is 939. The summed E-state index contributed by atoms with van der Waals surface area (Å²) in [6.45, 7) is 2.57. The molecule has 2 aromatic rings. The Hall–Kier alpha value is -2.61. The summed E-state index contributed by atoms with van der Waals surface area (Å²) in [5.41, 5.74) is 1.39. The molecule has 2 heterocycles. The summed E-state index contributed by atoms with van der Waals surface area (Å²) in [4.78, 5) is 27.9. The lowest BCUT2D eigenvalue weighted by molar-refractivity contribution is -0.123. The first-order chi connectivity index (χ1) is 13.0. The SMILES string of the molecule is CCN1C(=O)[C@@]2(SCCN2C(=O)Nc2cccc(F)c2)c2cc(F)ccc21. The van der Waals surface area contributed by atoms with Gasteiger partial charge in [0.25, 0.3) is 5.91 Å². The van der Waals surface area contributed by atoms with E-state index < -0.39 is 22.5 Å². The Morgan fingerprint density at radius 2 is 2.00 bits per heavy atom. The number of amides is 3. The van der Waals surface area contributed by atoms with Crippen LogP contribution in [-0.4, -0.2) is 35.7 Å². The molecule has 8 heteroatoms. The number of fused-ring (bicyclic) bond motifs is 2. The van der Waals surface area contributed by atoms with Gasteiger partial charge in [0.2, 0.25) is 0 Å². The van der Waals surface area contributed by atoms with E-state index in [0.717, 1.165) is 0 Å². The van der Waals surface area contributed by atoms with E-state index in [0.29, 0.717) is 35.8 Å². The summed E-state index contributed by atoms with van der Waals surface area (Å²) >= 11 is 1.31. The van der Waals surface area contributed by atoms with Gasteiger partial charge >= 0.3 is 6.03 Å². The fourth-order valence-electron chi connectivity index (χ4n) is 3.66. The molecule has 1 atom stereocenters. The van der Waals surface area contributed by atoms with Gasteiger partial charge in [0.05, 0.1) is 5.69 Å². The number of thioether (sulfide) groups is 1. The molecule has 0 aromatic heterocycles. The second kappa shape index (κ2) is 6.53. The Morgan fingerprint density at radius 1 is 1.22 bits per heavy atom. The number of carbonyl (C=O) groups is 2. The van der Waals surface area contributed by atoms with Crippen molar-refractivity contribution in [3.8, 4) is 0 Å². The van der Waals surface area contributed by atoms with Gasteiger partial charge in [-0.15, -0.1) is 11.8 Å². The first-order valence-electron chi connectivity index (χ1n) is 8.57. The molecule has 2 aliphatic heterocycles. The molecule has 2 aromatic carbocycles. The number of hydrogen-bond donors (Lipinski definition) is 1. The van der Waals surface area contributed by atoms with Crippen LogP contribution in [-0.2, 0) is 9.67 Å². The van der Waals surface area contributed by atoms with E-state index in [-0.39, 0.29) is 5.91 Å². The van der Waals surface area contributed by atoms with E-state index in [4.69, 9.17) is 0 Å². The van der Waals surface area contributed by atoms with Crippen LogP contribution in [0, 0.1) is 11.6 Å². The van der Waals surface area contributed by atoms with Crippen molar-refractivity contribution < 1.29 is 18.4 Å². The van der Waals surface area contributed by atoms with Crippen LogP contribution < -0.4 is 10.2 Å². The molecule has 0 aliphatic carbocycles. The summed E-state index contributed by atoms with van der Waals surface area (Å²) in [7, 11) is 0. The monoisotopic (exact) mass is 389 g/mol. The standard InChI is InChI=1S/C19H17F2N3O2S/c1-2-23-16-7-6-13(21)11-15(16)19(17(23)25)24(8-9-27-19)18(26)22-14-5-3-4-12(20)10-14/h3-7,10-11H,2,8-9H2,1H3,(H,22,26)/t19-/m0/s1. The maximum atomic E-state index is 14.0. The van der Waals surface area contributed by atoms with E-state index in [1.54, 1.807) is 17.0 Å². The lowest BCUT2D eigenvalue weighted by Gasteiger charge is -2.33. The third kappa shape index (κ3) is 2.66. The maximum absolute atomic E-state index is 14.0. The molecule has 2 aliphatic rings. The number of halogens is 2. The van der Waals surface area contributed by atoms with Crippen molar-refractivity contribution in [3.63, 3.8) is 0 Å². The highest BCUT2D eigenvalue weighted by molar-refractivity contribution is 8.01. The number of likely N-dealkylation sites (N-methyl/N-ethyl adjacent to an activating group) is 1. The average molecular weight is 389 g/mol. The van der Waals surface area contributed by atoms with Crippen molar-refractivity contribution in [2.45, 2.75) is 11.8 Å². The van der Waals surface area contributed by atoms with Crippen molar-refractivity contribution in [2.24, 2.45) is 0 Å². The molecule has 1 saturated heterocycles. The first kappa shape index (κ1) is 17.8. The number of urea groups is 1. The minimum Gasteiger partial charge on any atom is -0.309 e. The van der Waals surface area contributed by atoms with Crippen molar-refractivity contribution in [1.29, 1.82) is 0 Å². The van der Waals surface area contributed by atoms with Crippen molar-refractivity contribution in [2.75, 3.05) is 29.1 Å². The molecule has 3 amide bonds. The number of nitrogens with zero attached hydrogens (tertiary/aromatic N) is 2. The van der Waals surface area contributed by atoms with Crippen LogP contribution >= 0.6 is 11.8 Å². The van der Waals surface area contributed by atoms with Crippen LogP contribution in [0.15, 0.2) is 42.5 Å². The van der Waals surface area contributed by atoms with Crippen LogP contribution in [0.4, 0.5) is 25.0 Å². The van der Waals surface area contributed by atoms with Crippen LogP contribution in [0.25, 0.3) is 0 Å². The smallest absolute Gasteiger partial charge is 0.309 e. The molecule has 1 spiro atoms. The molecule has 140 valence electrons. The molecule has 0 unspecified atom stereocenters. The van der Waals surface area contributed by atoms with E-state index >= 15 is 0 Å². The zero-order valence-electron chi connectivity index (χ0n) is 14.5. The molecule has 27 heavy (non-hydrogen) atoms. The highest BCUT2D eigenvalue weighted by atomic mass is 32.2. The van der Waals surface area contributed by atoms with Gasteiger partial charge in [-0.2, -0.15) is 0 Å². The third-order valence-electron chi connectivity index (χ3n) is 4.79. The van der Waals surface area contributed by atoms with Gasteiger partial charge in [-0.3, -0.25) is 9.69 Å². The Kier molecular flexibility index (Phi) is 4.30. The summed E-state index contributed by atoms with van der Waals surface area (Å²) in [5.74, 6) is -0.658. The summed E-state index contributed by atoms with van der Waals surface area (Å²) in [5, 5.41) is 2.64. The molecular formula is C19H17F2N3O2S. The number of benzene rings is 2. The number of hydrogen-bond acceptors (Lipinski definition) is 3. The normalized spacial score (nSPS) is 21.1. The second-order valence-corrected chi connectivity index (χ2v) is 7.58. The number of rotatable bonds is 2. The van der Waals surface area contributed by atoms with Gasteiger partial charge < -0.3 is 10.2 Å². The largest absolute Gasteiger partial charge is 0.323 e. The topological polar surface area (TPSA) is 52.7 Å². The van der Waals surface area contributed by atoms with E-state index in [1.165, 1.54) is 47.0 Å². The molecule has 4 rings (SSSR count). The van der Waals surface area contributed by atoms with Crippen molar-refractivity contribution in [3.05, 3.63) is 59.7 Å². The minimum atomic E-state index is -1.30.